The zero-order valence-corrected chi connectivity index (χ0v) is 14.3. The number of halogens is 1. The number of nitrogens with zero attached hydrogens (tertiary/aromatic N) is 2. The summed E-state index contributed by atoms with van der Waals surface area (Å²) in [6, 6.07) is 4.34. The van der Waals surface area contributed by atoms with E-state index in [0.717, 1.165) is 0 Å². The van der Waals surface area contributed by atoms with Crippen LogP contribution in [-0.4, -0.2) is 56.3 Å². The van der Waals surface area contributed by atoms with Gasteiger partial charge in [0.25, 0.3) is 0 Å². The van der Waals surface area contributed by atoms with Crippen LogP contribution < -0.4 is 4.74 Å². The summed E-state index contributed by atoms with van der Waals surface area (Å²) in [4.78, 5) is 13.8. The fourth-order valence-corrected chi connectivity index (χ4v) is 4.10. The highest BCUT2D eigenvalue weighted by molar-refractivity contribution is 7.89. The average Bonchev–Trinajstić information content (AvgIpc) is 2.46. The Morgan fingerprint density at radius 3 is 2.45 bits per heavy atom. The lowest BCUT2D eigenvalue weighted by molar-refractivity contribution is -0.135. The van der Waals surface area contributed by atoms with Crippen LogP contribution in [0.25, 0.3) is 0 Å². The van der Waals surface area contributed by atoms with Crippen LogP contribution in [-0.2, 0) is 14.8 Å². The Hall–Kier alpha value is -1.31. The second kappa shape index (κ2) is 6.44. The van der Waals surface area contributed by atoms with E-state index in [4.69, 9.17) is 16.3 Å². The van der Waals surface area contributed by atoms with Gasteiger partial charge in [0.15, 0.2) is 0 Å². The van der Waals surface area contributed by atoms with Gasteiger partial charge in [0, 0.05) is 19.1 Å². The number of rotatable bonds is 4. The van der Waals surface area contributed by atoms with Crippen LogP contribution in [0.3, 0.4) is 0 Å². The molecule has 1 heterocycles. The number of sulfonamides is 1. The molecule has 2 rings (SSSR count). The Bertz CT molecular complexity index is 675. The van der Waals surface area contributed by atoms with Gasteiger partial charge in [0.2, 0.25) is 15.9 Å². The van der Waals surface area contributed by atoms with Crippen LogP contribution in [0, 0.1) is 0 Å². The van der Waals surface area contributed by atoms with E-state index in [1.165, 1.54) is 29.6 Å². The smallest absolute Gasteiger partial charge is 0.243 e. The number of benzene rings is 1. The summed E-state index contributed by atoms with van der Waals surface area (Å²) in [6.07, 6.45) is 0. The first kappa shape index (κ1) is 17.1. The second-order valence-electron chi connectivity index (χ2n) is 5.32. The van der Waals surface area contributed by atoms with E-state index in [1.54, 1.807) is 4.90 Å². The monoisotopic (exact) mass is 346 g/mol. The third-order valence-electron chi connectivity index (χ3n) is 3.61. The fraction of sp³-hybridized carbons (Fsp3) is 0.500. The third-order valence-corrected chi connectivity index (χ3v) is 5.74. The van der Waals surface area contributed by atoms with Crippen molar-refractivity contribution in [3.8, 4) is 5.75 Å². The normalized spacial score (nSPS) is 17.1. The molecule has 0 unspecified atom stereocenters. The highest BCUT2D eigenvalue weighted by atomic mass is 35.5. The standard InChI is InChI=1S/C14H19ClN2O4S/c1-10(2)17-7-6-16(9-14(17)18)22(19,20)11-4-5-13(21-3)12(15)8-11/h4-5,8,10H,6-7,9H2,1-3H3. The summed E-state index contributed by atoms with van der Waals surface area (Å²) in [7, 11) is -2.29. The first-order valence-electron chi connectivity index (χ1n) is 6.90. The van der Waals surface area contributed by atoms with Crippen molar-refractivity contribution in [2.45, 2.75) is 24.8 Å². The Balaban J connectivity index is 2.25. The summed E-state index contributed by atoms with van der Waals surface area (Å²) >= 11 is 5.98. The molecule has 1 amide bonds. The number of ether oxygens (including phenoxy) is 1. The lowest BCUT2D eigenvalue weighted by Crippen LogP contribution is -2.54. The average molecular weight is 347 g/mol. The number of methoxy groups -OCH3 is 1. The fourth-order valence-electron chi connectivity index (χ4n) is 2.37. The molecular weight excluding hydrogens is 328 g/mol. The molecule has 0 atom stereocenters. The number of carbonyl (C=O) groups excluding carboxylic acids is 1. The molecule has 0 aromatic heterocycles. The maximum absolute atomic E-state index is 12.6. The Labute approximate surface area is 135 Å². The highest BCUT2D eigenvalue weighted by Gasteiger charge is 2.33. The summed E-state index contributed by atoms with van der Waals surface area (Å²) in [5.74, 6) is 0.214. The molecule has 6 nitrogen and oxygen atoms in total. The first-order chi connectivity index (χ1) is 10.3. The number of hydrogen-bond donors (Lipinski definition) is 0. The van der Waals surface area contributed by atoms with Gasteiger partial charge < -0.3 is 9.64 Å². The van der Waals surface area contributed by atoms with E-state index >= 15 is 0 Å². The van der Waals surface area contributed by atoms with Crippen molar-refractivity contribution in [1.82, 2.24) is 9.21 Å². The molecule has 0 bridgehead atoms. The van der Waals surface area contributed by atoms with Gasteiger partial charge in [0.05, 0.1) is 23.6 Å². The molecule has 0 radical (unpaired) electrons. The summed E-state index contributed by atoms with van der Waals surface area (Å²) in [5, 5.41) is 0.218. The zero-order valence-electron chi connectivity index (χ0n) is 12.7. The van der Waals surface area contributed by atoms with Gasteiger partial charge in [-0.25, -0.2) is 8.42 Å². The molecule has 1 aliphatic heterocycles. The quantitative estimate of drug-likeness (QED) is 0.830. The van der Waals surface area contributed by atoms with Gasteiger partial charge in [0.1, 0.15) is 5.75 Å². The molecule has 0 aliphatic carbocycles. The molecule has 122 valence electrons. The third kappa shape index (κ3) is 3.21. The van der Waals surface area contributed by atoms with Crippen LogP contribution in [0.5, 0.6) is 5.75 Å². The predicted octanol–water partition coefficient (Wildman–Crippen LogP) is 1.59. The molecule has 0 N–H and O–H groups in total. The molecule has 1 fully saturated rings. The second-order valence-corrected chi connectivity index (χ2v) is 7.66. The van der Waals surface area contributed by atoms with Gasteiger partial charge in [-0.15, -0.1) is 0 Å². The number of hydrogen-bond acceptors (Lipinski definition) is 4. The van der Waals surface area contributed by atoms with Gasteiger partial charge in [-0.3, -0.25) is 4.79 Å². The minimum Gasteiger partial charge on any atom is -0.495 e. The summed E-state index contributed by atoms with van der Waals surface area (Å²) in [6.45, 7) is 4.33. The predicted molar refractivity (Wildman–Crippen MR) is 83.6 cm³/mol. The Morgan fingerprint density at radius 1 is 1.27 bits per heavy atom. The van der Waals surface area contributed by atoms with Crippen molar-refractivity contribution in [3.05, 3.63) is 23.2 Å². The molecule has 1 aromatic carbocycles. The van der Waals surface area contributed by atoms with Crippen molar-refractivity contribution < 1.29 is 17.9 Å². The molecule has 0 saturated carbocycles. The van der Waals surface area contributed by atoms with Gasteiger partial charge in [-0.05, 0) is 32.0 Å². The molecule has 1 saturated heterocycles. The SMILES string of the molecule is COc1ccc(S(=O)(=O)N2CCN(C(C)C)C(=O)C2)cc1Cl. The molecular formula is C14H19ClN2O4S. The highest BCUT2D eigenvalue weighted by Crippen LogP contribution is 2.28. The maximum Gasteiger partial charge on any atom is 0.243 e. The van der Waals surface area contributed by atoms with E-state index in [1.807, 2.05) is 13.8 Å². The minimum absolute atomic E-state index is 0.0593. The van der Waals surface area contributed by atoms with Gasteiger partial charge >= 0.3 is 0 Å². The van der Waals surface area contributed by atoms with Crippen LogP contribution in [0.15, 0.2) is 23.1 Å². The molecule has 22 heavy (non-hydrogen) atoms. The van der Waals surface area contributed by atoms with Crippen LogP contribution in [0.2, 0.25) is 5.02 Å². The maximum atomic E-state index is 12.6. The molecule has 0 spiro atoms. The van der Waals surface area contributed by atoms with Crippen LogP contribution in [0.1, 0.15) is 13.8 Å². The van der Waals surface area contributed by atoms with Crippen LogP contribution >= 0.6 is 11.6 Å². The van der Waals surface area contributed by atoms with Crippen molar-refractivity contribution in [2.24, 2.45) is 0 Å². The lowest BCUT2D eigenvalue weighted by Gasteiger charge is -2.36. The van der Waals surface area contributed by atoms with Crippen molar-refractivity contribution in [2.75, 3.05) is 26.7 Å². The van der Waals surface area contributed by atoms with Crippen LogP contribution in [0.4, 0.5) is 0 Å². The summed E-state index contributed by atoms with van der Waals surface area (Å²) in [5.41, 5.74) is 0. The van der Waals surface area contributed by atoms with E-state index in [-0.39, 0.29) is 35.0 Å². The Morgan fingerprint density at radius 2 is 1.95 bits per heavy atom. The van der Waals surface area contributed by atoms with Crippen molar-refractivity contribution in [1.29, 1.82) is 0 Å². The van der Waals surface area contributed by atoms with E-state index in [0.29, 0.717) is 12.3 Å². The lowest BCUT2D eigenvalue weighted by atomic mass is 10.2. The van der Waals surface area contributed by atoms with E-state index in [9.17, 15) is 13.2 Å². The van der Waals surface area contributed by atoms with Gasteiger partial charge in [-0.1, -0.05) is 11.6 Å². The Kier molecular flexibility index (Phi) is 4.99. The topological polar surface area (TPSA) is 66.9 Å². The van der Waals surface area contributed by atoms with E-state index in [2.05, 4.69) is 0 Å². The van der Waals surface area contributed by atoms with Crippen molar-refractivity contribution >= 4 is 27.5 Å². The van der Waals surface area contributed by atoms with Gasteiger partial charge in [-0.2, -0.15) is 4.31 Å². The van der Waals surface area contributed by atoms with Crippen molar-refractivity contribution in [3.63, 3.8) is 0 Å². The first-order valence-corrected chi connectivity index (χ1v) is 8.72. The number of piperazine rings is 1. The minimum atomic E-state index is -3.75. The molecule has 1 aliphatic rings. The zero-order chi connectivity index (χ0) is 16.5. The number of carbonyl (C=O) groups is 1. The largest absolute Gasteiger partial charge is 0.495 e. The van der Waals surface area contributed by atoms with E-state index < -0.39 is 10.0 Å². The summed E-state index contributed by atoms with van der Waals surface area (Å²) < 4.78 is 31.4. The molecule has 1 aromatic rings. The number of amides is 1. The molecule has 8 heteroatoms.